The summed E-state index contributed by atoms with van der Waals surface area (Å²) in [5.74, 6) is 3.81. The van der Waals surface area contributed by atoms with Gasteiger partial charge in [0.1, 0.15) is 17.4 Å². The number of aromatic nitrogens is 3. The van der Waals surface area contributed by atoms with Crippen LogP contribution in [0.5, 0.6) is 5.75 Å². The van der Waals surface area contributed by atoms with Gasteiger partial charge in [-0.1, -0.05) is 12.0 Å². The quantitative estimate of drug-likeness (QED) is 0.379. The number of hydrogen-bond donors (Lipinski definition) is 2. The maximum atomic E-state index is 13.3. The standard InChI is InChI=1S/C32H35N7O3/c1-6-24-17-39(12-11-34-24)18-29(27-10-9-23(16-36-27)22-7-8-22)42-28-13-19(2)25(14-26(28)31(40)33-5)32(41)38-30-20(3)15-35-21(4)37-30/h1,9-10,13-16,22,29H,7-8,11-12,17-18H2,2-5H3,(H,33,40)(H,35,37,38,41)/t29-/m1/s1. The zero-order chi connectivity index (χ0) is 29.8. The lowest BCUT2D eigenvalue weighted by Crippen LogP contribution is -2.40. The average Bonchev–Trinajstić information content (AvgIpc) is 3.84. The maximum Gasteiger partial charge on any atom is 0.257 e. The van der Waals surface area contributed by atoms with Crippen molar-refractivity contribution in [1.82, 2.24) is 25.2 Å². The van der Waals surface area contributed by atoms with Crippen molar-refractivity contribution in [2.75, 3.05) is 38.5 Å². The number of ether oxygens (including phenoxy) is 1. The molecular weight excluding hydrogens is 530 g/mol. The number of carbonyl (C=O) groups is 2. The molecule has 5 rings (SSSR count). The first kappa shape index (κ1) is 28.9. The van der Waals surface area contributed by atoms with E-state index < -0.39 is 6.10 Å². The minimum Gasteiger partial charge on any atom is -0.482 e. The van der Waals surface area contributed by atoms with Crippen LogP contribution >= 0.6 is 0 Å². The normalized spacial score (nSPS) is 15.7. The van der Waals surface area contributed by atoms with Crippen molar-refractivity contribution in [2.45, 2.75) is 45.6 Å². The number of nitrogens with zero attached hydrogens (tertiary/aromatic N) is 5. The summed E-state index contributed by atoms with van der Waals surface area (Å²) in [6.07, 6.45) is 11.1. The SMILES string of the molecule is C#CC1=NCCN(C[C@@H](Oc2cc(C)c(C(=O)Nc3nc(C)ncc3C)cc2C(=O)NC)c2ccc(C3CC3)cn2)C1. The number of aliphatic imine (C=N–C) groups is 1. The Bertz CT molecular complexity index is 1570. The van der Waals surface area contributed by atoms with Gasteiger partial charge < -0.3 is 15.4 Å². The fraction of sp³-hybridized carbons (Fsp3) is 0.375. The molecule has 1 aromatic carbocycles. The van der Waals surface area contributed by atoms with Crippen molar-refractivity contribution >= 4 is 23.3 Å². The molecule has 1 aliphatic carbocycles. The van der Waals surface area contributed by atoms with Crippen molar-refractivity contribution in [3.8, 4) is 18.1 Å². The summed E-state index contributed by atoms with van der Waals surface area (Å²) in [5.41, 5.74) is 4.64. The molecule has 2 N–H and O–H groups in total. The highest BCUT2D eigenvalue weighted by Crippen LogP contribution is 2.40. The van der Waals surface area contributed by atoms with Crippen LogP contribution in [0.1, 0.15) is 73.8 Å². The molecular formula is C32H35N7O3. The summed E-state index contributed by atoms with van der Waals surface area (Å²) < 4.78 is 6.60. The van der Waals surface area contributed by atoms with E-state index >= 15 is 0 Å². The van der Waals surface area contributed by atoms with Crippen LogP contribution in [-0.4, -0.2) is 70.6 Å². The highest BCUT2D eigenvalue weighted by molar-refractivity contribution is 6.07. The second-order valence-electron chi connectivity index (χ2n) is 10.8. The van der Waals surface area contributed by atoms with Crippen molar-refractivity contribution in [3.05, 3.63) is 76.0 Å². The number of terminal acetylenes is 1. The van der Waals surface area contributed by atoms with Crippen LogP contribution in [0.25, 0.3) is 0 Å². The molecule has 0 saturated heterocycles. The lowest BCUT2D eigenvalue weighted by Gasteiger charge is -2.30. The van der Waals surface area contributed by atoms with E-state index in [0.29, 0.717) is 59.8 Å². The Morgan fingerprint density at radius 2 is 1.90 bits per heavy atom. The number of nitrogens with one attached hydrogen (secondary N) is 2. The van der Waals surface area contributed by atoms with Crippen LogP contribution in [0.4, 0.5) is 5.82 Å². The molecule has 42 heavy (non-hydrogen) atoms. The smallest absolute Gasteiger partial charge is 0.257 e. The summed E-state index contributed by atoms with van der Waals surface area (Å²) in [5, 5.41) is 5.53. The number of rotatable bonds is 9. The molecule has 2 aliphatic rings. The average molecular weight is 566 g/mol. The second-order valence-corrected chi connectivity index (χ2v) is 10.8. The number of aryl methyl sites for hydroxylation is 3. The van der Waals surface area contributed by atoms with Crippen LogP contribution < -0.4 is 15.4 Å². The summed E-state index contributed by atoms with van der Waals surface area (Å²) in [6, 6.07) is 7.40. The van der Waals surface area contributed by atoms with E-state index in [0.717, 1.165) is 17.8 Å². The van der Waals surface area contributed by atoms with Gasteiger partial charge in [0, 0.05) is 50.2 Å². The van der Waals surface area contributed by atoms with Gasteiger partial charge in [-0.05, 0) is 68.9 Å². The van der Waals surface area contributed by atoms with Crippen molar-refractivity contribution in [1.29, 1.82) is 0 Å². The molecule has 10 nitrogen and oxygen atoms in total. The third-order valence-corrected chi connectivity index (χ3v) is 7.51. The molecule has 216 valence electrons. The number of carbonyl (C=O) groups excluding carboxylic acids is 2. The van der Waals surface area contributed by atoms with Crippen LogP contribution in [0.15, 0.2) is 41.7 Å². The summed E-state index contributed by atoms with van der Waals surface area (Å²) in [6.45, 7) is 7.76. The minimum absolute atomic E-state index is 0.243. The lowest BCUT2D eigenvalue weighted by atomic mass is 10.0. The number of anilines is 1. The molecule has 0 unspecified atom stereocenters. The van der Waals surface area contributed by atoms with Gasteiger partial charge in [-0.2, -0.15) is 0 Å². The largest absolute Gasteiger partial charge is 0.482 e. The first-order chi connectivity index (χ1) is 20.2. The Labute approximate surface area is 246 Å². The van der Waals surface area contributed by atoms with Crippen LogP contribution in [0.2, 0.25) is 0 Å². The predicted octanol–water partition coefficient (Wildman–Crippen LogP) is 3.80. The molecule has 1 atom stereocenters. The monoisotopic (exact) mass is 565 g/mol. The molecule has 3 heterocycles. The summed E-state index contributed by atoms with van der Waals surface area (Å²) >= 11 is 0. The summed E-state index contributed by atoms with van der Waals surface area (Å²) in [7, 11) is 1.54. The van der Waals surface area contributed by atoms with E-state index in [9.17, 15) is 9.59 Å². The highest BCUT2D eigenvalue weighted by Gasteiger charge is 2.28. The molecule has 3 aromatic rings. The molecule has 1 aliphatic heterocycles. The maximum absolute atomic E-state index is 13.3. The van der Waals surface area contributed by atoms with Gasteiger partial charge in [0.15, 0.2) is 6.10 Å². The van der Waals surface area contributed by atoms with Gasteiger partial charge in [-0.15, -0.1) is 6.42 Å². The van der Waals surface area contributed by atoms with E-state index in [4.69, 9.17) is 16.1 Å². The van der Waals surface area contributed by atoms with E-state index in [-0.39, 0.29) is 17.4 Å². The van der Waals surface area contributed by atoms with Gasteiger partial charge in [0.05, 0.1) is 23.5 Å². The first-order valence-electron chi connectivity index (χ1n) is 14.1. The van der Waals surface area contributed by atoms with Gasteiger partial charge in [0.2, 0.25) is 0 Å². The Balaban J connectivity index is 1.46. The Morgan fingerprint density at radius 3 is 2.60 bits per heavy atom. The Kier molecular flexibility index (Phi) is 8.59. The summed E-state index contributed by atoms with van der Waals surface area (Å²) in [4.78, 5) is 46.3. The minimum atomic E-state index is -0.496. The second kappa shape index (κ2) is 12.5. The van der Waals surface area contributed by atoms with Gasteiger partial charge >= 0.3 is 0 Å². The highest BCUT2D eigenvalue weighted by atomic mass is 16.5. The zero-order valence-electron chi connectivity index (χ0n) is 24.4. The third kappa shape index (κ3) is 6.64. The molecule has 2 amide bonds. The van der Waals surface area contributed by atoms with Crippen LogP contribution in [0.3, 0.4) is 0 Å². The van der Waals surface area contributed by atoms with Gasteiger partial charge in [-0.25, -0.2) is 9.97 Å². The number of pyridine rings is 1. The third-order valence-electron chi connectivity index (χ3n) is 7.51. The van der Waals surface area contributed by atoms with Crippen LogP contribution in [0, 0.1) is 33.1 Å². The van der Waals surface area contributed by atoms with Crippen molar-refractivity contribution in [2.24, 2.45) is 4.99 Å². The Morgan fingerprint density at radius 1 is 1.10 bits per heavy atom. The van der Waals surface area contributed by atoms with E-state index in [1.165, 1.54) is 18.4 Å². The van der Waals surface area contributed by atoms with Gasteiger partial charge in [-0.3, -0.25) is 24.5 Å². The van der Waals surface area contributed by atoms with E-state index in [1.807, 2.05) is 26.1 Å². The molecule has 10 heteroatoms. The molecule has 0 bridgehead atoms. The first-order valence-corrected chi connectivity index (χ1v) is 14.1. The van der Waals surface area contributed by atoms with Crippen molar-refractivity contribution in [3.63, 3.8) is 0 Å². The fourth-order valence-corrected chi connectivity index (χ4v) is 4.93. The van der Waals surface area contributed by atoms with Crippen LogP contribution in [-0.2, 0) is 0 Å². The number of amides is 2. The van der Waals surface area contributed by atoms with E-state index in [1.54, 1.807) is 32.3 Å². The number of hydrogen-bond acceptors (Lipinski definition) is 8. The van der Waals surface area contributed by atoms with Crippen molar-refractivity contribution < 1.29 is 14.3 Å². The predicted molar refractivity (Wildman–Crippen MR) is 161 cm³/mol. The molecule has 0 spiro atoms. The lowest BCUT2D eigenvalue weighted by molar-refractivity contribution is 0.0949. The van der Waals surface area contributed by atoms with E-state index in [2.05, 4.69) is 42.5 Å². The zero-order valence-corrected chi connectivity index (χ0v) is 24.4. The molecule has 1 saturated carbocycles. The Hall–Kier alpha value is -4.62. The van der Waals surface area contributed by atoms with Gasteiger partial charge in [0.25, 0.3) is 11.8 Å². The molecule has 0 radical (unpaired) electrons. The molecule has 1 fully saturated rings. The number of benzene rings is 1. The fourth-order valence-electron chi connectivity index (χ4n) is 4.93. The topological polar surface area (TPSA) is 122 Å². The molecule has 2 aromatic heterocycles.